The summed E-state index contributed by atoms with van der Waals surface area (Å²) in [7, 11) is 0. The Morgan fingerprint density at radius 1 is 1.21 bits per heavy atom. The molecule has 0 atom stereocenters. The van der Waals surface area contributed by atoms with Gasteiger partial charge in [0.25, 0.3) is 0 Å². The molecule has 3 aromatic rings. The van der Waals surface area contributed by atoms with E-state index in [1.807, 2.05) is 24.3 Å². The molecule has 2 nitrogen and oxygen atoms in total. The first-order valence-corrected chi connectivity index (χ1v) is 7.32. The number of para-hydroxylation sites is 1. The van der Waals surface area contributed by atoms with Crippen molar-refractivity contribution in [1.29, 1.82) is 0 Å². The van der Waals surface area contributed by atoms with Gasteiger partial charge in [-0.3, -0.25) is 4.57 Å². The van der Waals surface area contributed by atoms with Crippen LogP contribution >= 0.6 is 27.5 Å². The smallest absolute Gasteiger partial charge is 0.129 e. The Balaban J connectivity index is 2.38. The molecule has 0 saturated heterocycles. The summed E-state index contributed by atoms with van der Waals surface area (Å²) in [6, 6.07) is 14.3. The molecule has 1 heterocycles. The highest BCUT2D eigenvalue weighted by atomic mass is 79.9. The standard InChI is InChI=1S/C15H12BrClN2/c1-10-4-2-3-5-13(10)19-14-8-11(16)6-7-12(14)18-15(19)9-17/h2-8H,9H2,1H3. The fourth-order valence-corrected chi connectivity index (χ4v) is 2.80. The van der Waals surface area contributed by atoms with Gasteiger partial charge in [-0.1, -0.05) is 34.1 Å². The fraction of sp³-hybridized carbons (Fsp3) is 0.133. The van der Waals surface area contributed by atoms with Crippen molar-refractivity contribution in [2.45, 2.75) is 12.8 Å². The van der Waals surface area contributed by atoms with Crippen molar-refractivity contribution in [1.82, 2.24) is 9.55 Å². The molecule has 4 heteroatoms. The Bertz CT molecular complexity index is 749. The molecule has 0 fully saturated rings. The van der Waals surface area contributed by atoms with Crippen molar-refractivity contribution >= 4 is 38.6 Å². The maximum atomic E-state index is 6.05. The molecule has 0 saturated carbocycles. The Morgan fingerprint density at radius 3 is 2.74 bits per heavy atom. The second-order valence-corrected chi connectivity index (χ2v) is 5.60. The number of hydrogen-bond donors (Lipinski definition) is 0. The molecule has 0 unspecified atom stereocenters. The lowest BCUT2D eigenvalue weighted by molar-refractivity contribution is 0.972. The van der Waals surface area contributed by atoms with E-state index in [1.54, 1.807) is 0 Å². The summed E-state index contributed by atoms with van der Waals surface area (Å²) in [5.41, 5.74) is 4.35. The average Bonchev–Trinajstić information content (AvgIpc) is 2.77. The molecule has 0 radical (unpaired) electrons. The molecule has 0 aliphatic heterocycles. The van der Waals surface area contributed by atoms with Gasteiger partial charge in [0.05, 0.1) is 22.6 Å². The zero-order chi connectivity index (χ0) is 13.4. The van der Waals surface area contributed by atoms with E-state index >= 15 is 0 Å². The van der Waals surface area contributed by atoms with E-state index in [-0.39, 0.29) is 0 Å². The molecular weight excluding hydrogens is 324 g/mol. The van der Waals surface area contributed by atoms with Crippen LogP contribution in [0.25, 0.3) is 16.7 Å². The summed E-state index contributed by atoms with van der Waals surface area (Å²) >= 11 is 9.57. The van der Waals surface area contributed by atoms with Crippen LogP contribution in [0.3, 0.4) is 0 Å². The second-order valence-electron chi connectivity index (χ2n) is 4.42. The lowest BCUT2D eigenvalue weighted by atomic mass is 10.2. The maximum Gasteiger partial charge on any atom is 0.129 e. The third-order valence-corrected chi connectivity index (χ3v) is 3.89. The van der Waals surface area contributed by atoms with E-state index in [1.165, 1.54) is 5.56 Å². The van der Waals surface area contributed by atoms with Crippen molar-refractivity contribution in [3.05, 3.63) is 58.3 Å². The van der Waals surface area contributed by atoms with E-state index < -0.39 is 0 Å². The molecule has 1 aromatic heterocycles. The minimum absolute atomic E-state index is 0.390. The molecule has 0 aliphatic rings. The third-order valence-electron chi connectivity index (χ3n) is 3.16. The largest absolute Gasteiger partial charge is 0.295 e. The molecule has 0 spiro atoms. The number of imidazole rings is 1. The van der Waals surface area contributed by atoms with Crippen LogP contribution in [0.5, 0.6) is 0 Å². The monoisotopic (exact) mass is 334 g/mol. The summed E-state index contributed by atoms with van der Waals surface area (Å²) in [5, 5.41) is 0. The Labute approximate surface area is 125 Å². The average molecular weight is 336 g/mol. The normalized spacial score (nSPS) is 11.1. The second kappa shape index (κ2) is 4.99. The van der Waals surface area contributed by atoms with E-state index in [2.05, 4.69) is 50.6 Å². The number of alkyl halides is 1. The number of halogens is 2. The van der Waals surface area contributed by atoms with Gasteiger partial charge in [0, 0.05) is 4.47 Å². The Morgan fingerprint density at radius 2 is 2.00 bits per heavy atom. The topological polar surface area (TPSA) is 17.8 Å². The highest BCUT2D eigenvalue weighted by Gasteiger charge is 2.13. The van der Waals surface area contributed by atoms with Gasteiger partial charge in [-0.15, -0.1) is 11.6 Å². The van der Waals surface area contributed by atoms with Crippen LogP contribution < -0.4 is 0 Å². The number of hydrogen-bond acceptors (Lipinski definition) is 1. The summed E-state index contributed by atoms with van der Waals surface area (Å²) in [4.78, 5) is 4.60. The minimum atomic E-state index is 0.390. The van der Waals surface area contributed by atoms with Crippen LogP contribution in [0.2, 0.25) is 0 Å². The SMILES string of the molecule is Cc1ccccc1-n1c(CCl)nc2ccc(Br)cc21. The molecule has 0 N–H and O–H groups in total. The van der Waals surface area contributed by atoms with Crippen LogP contribution in [0.4, 0.5) is 0 Å². The van der Waals surface area contributed by atoms with Crippen molar-refractivity contribution < 1.29 is 0 Å². The fourth-order valence-electron chi connectivity index (χ4n) is 2.27. The van der Waals surface area contributed by atoms with E-state index in [0.29, 0.717) is 5.88 Å². The summed E-state index contributed by atoms with van der Waals surface area (Å²) < 4.78 is 3.17. The molecule has 19 heavy (non-hydrogen) atoms. The molecule has 0 bridgehead atoms. The number of nitrogens with zero attached hydrogens (tertiary/aromatic N) is 2. The zero-order valence-electron chi connectivity index (χ0n) is 10.4. The predicted octanol–water partition coefficient (Wildman–Crippen LogP) is 4.84. The molecule has 96 valence electrons. The maximum absolute atomic E-state index is 6.05. The molecule has 0 amide bonds. The van der Waals surface area contributed by atoms with Crippen LogP contribution in [0, 0.1) is 6.92 Å². The first kappa shape index (κ1) is 12.7. The summed E-state index contributed by atoms with van der Waals surface area (Å²) in [6.45, 7) is 2.09. The molecular formula is C15H12BrClN2. The van der Waals surface area contributed by atoms with Gasteiger partial charge in [0.15, 0.2) is 0 Å². The zero-order valence-corrected chi connectivity index (χ0v) is 12.7. The molecule has 0 aliphatic carbocycles. The highest BCUT2D eigenvalue weighted by molar-refractivity contribution is 9.10. The highest BCUT2D eigenvalue weighted by Crippen LogP contribution is 2.26. The van der Waals surface area contributed by atoms with E-state index in [0.717, 1.165) is 27.0 Å². The number of aromatic nitrogens is 2. The van der Waals surface area contributed by atoms with Crippen LogP contribution in [0.1, 0.15) is 11.4 Å². The van der Waals surface area contributed by atoms with Crippen LogP contribution in [-0.2, 0) is 5.88 Å². The first-order chi connectivity index (χ1) is 9.20. The van der Waals surface area contributed by atoms with Gasteiger partial charge >= 0.3 is 0 Å². The van der Waals surface area contributed by atoms with Gasteiger partial charge in [0.1, 0.15) is 5.82 Å². The Kier molecular flexibility index (Phi) is 3.33. The summed E-state index contributed by atoms with van der Waals surface area (Å²) in [6.07, 6.45) is 0. The van der Waals surface area contributed by atoms with Crippen molar-refractivity contribution in [2.75, 3.05) is 0 Å². The van der Waals surface area contributed by atoms with Gasteiger partial charge in [-0.25, -0.2) is 4.98 Å². The van der Waals surface area contributed by atoms with Gasteiger partial charge in [0.2, 0.25) is 0 Å². The minimum Gasteiger partial charge on any atom is -0.295 e. The van der Waals surface area contributed by atoms with E-state index in [4.69, 9.17) is 11.6 Å². The number of aryl methyl sites for hydroxylation is 1. The van der Waals surface area contributed by atoms with Crippen LogP contribution in [-0.4, -0.2) is 9.55 Å². The number of fused-ring (bicyclic) bond motifs is 1. The van der Waals surface area contributed by atoms with Crippen molar-refractivity contribution in [3.63, 3.8) is 0 Å². The quantitative estimate of drug-likeness (QED) is 0.613. The van der Waals surface area contributed by atoms with Gasteiger partial charge < -0.3 is 0 Å². The van der Waals surface area contributed by atoms with Crippen molar-refractivity contribution in [2.24, 2.45) is 0 Å². The predicted molar refractivity (Wildman–Crippen MR) is 83.1 cm³/mol. The first-order valence-electron chi connectivity index (χ1n) is 5.99. The Hall–Kier alpha value is -1.32. The third kappa shape index (κ3) is 2.17. The molecule has 3 rings (SSSR count). The van der Waals surface area contributed by atoms with Crippen molar-refractivity contribution in [3.8, 4) is 5.69 Å². The van der Waals surface area contributed by atoms with Gasteiger partial charge in [-0.05, 0) is 36.8 Å². The van der Waals surface area contributed by atoms with E-state index in [9.17, 15) is 0 Å². The number of benzene rings is 2. The number of rotatable bonds is 2. The lowest BCUT2D eigenvalue weighted by Crippen LogP contribution is -2.01. The molecule has 2 aromatic carbocycles. The summed E-state index contributed by atoms with van der Waals surface area (Å²) in [5.74, 6) is 1.25. The van der Waals surface area contributed by atoms with Crippen LogP contribution in [0.15, 0.2) is 46.9 Å². The lowest BCUT2D eigenvalue weighted by Gasteiger charge is -2.10. The van der Waals surface area contributed by atoms with Gasteiger partial charge in [-0.2, -0.15) is 0 Å².